The highest BCUT2D eigenvalue weighted by Crippen LogP contribution is 2.42. The van der Waals surface area contributed by atoms with E-state index in [1.807, 2.05) is 6.92 Å². The first kappa shape index (κ1) is 14.7. The molecule has 0 bridgehead atoms. The Morgan fingerprint density at radius 2 is 2.10 bits per heavy atom. The topological polar surface area (TPSA) is 17.8 Å². The second-order valence-corrected chi connectivity index (χ2v) is 6.42. The van der Waals surface area contributed by atoms with Crippen LogP contribution in [0, 0.1) is 0 Å². The Kier molecular flexibility index (Phi) is 4.11. The van der Waals surface area contributed by atoms with Gasteiger partial charge in [-0.05, 0) is 54.0 Å². The molecule has 1 aromatic carbocycles. The molecule has 21 heavy (non-hydrogen) atoms. The fourth-order valence-electron chi connectivity index (χ4n) is 2.74. The third-order valence-corrected chi connectivity index (χ3v) is 4.43. The van der Waals surface area contributed by atoms with Crippen molar-refractivity contribution in [1.29, 1.82) is 0 Å². The molecule has 5 heteroatoms. The highest BCUT2D eigenvalue weighted by Gasteiger charge is 2.26. The first-order valence-electron chi connectivity index (χ1n) is 7.22. The number of aryl methyl sites for hydroxylation is 1. The van der Waals surface area contributed by atoms with E-state index in [0.717, 1.165) is 20.4 Å². The molecule has 2 nitrogen and oxygen atoms in total. The van der Waals surface area contributed by atoms with Crippen molar-refractivity contribution < 1.29 is 8.78 Å². The van der Waals surface area contributed by atoms with Crippen molar-refractivity contribution in [3.63, 3.8) is 0 Å². The number of alkyl halides is 2. The summed E-state index contributed by atoms with van der Waals surface area (Å²) in [6.07, 6.45) is 5.28. The molecule has 1 heterocycles. The molecule has 0 spiro atoms. The third kappa shape index (κ3) is 3.18. The van der Waals surface area contributed by atoms with E-state index in [2.05, 4.69) is 39.2 Å². The van der Waals surface area contributed by atoms with E-state index in [0.29, 0.717) is 18.8 Å². The Bertz CT molecular complexity index is 648. The van der Waals surface area contributed by atoms with Crippen molar-refractivity contribution in [1.82, 2.24) is 9.78 Å². The van der Waals surface area contributed by atoms with E-state index in [9.17, 15) is 8.78 Å². The monoisotopic (exact) mass is 354 g/mol. The van der Waals surface area contributed by atoms with Crippen molar-refractivity contribution in [2.45, 2.75) is 45.1 Å². The summed E-state index contributed by atoms with van der Waals surface area (Å²) in [5.41, 5.74) is 4.23. The van der Waals surface area contributed by atoms with Gasteiger partial charge in [-0.25, -0.2) is 4.68 Å². The van der Waals surface area contributed by atoms with Gasteiger partial charge < -0.3 is 0 Å². The number of benzene rings is 1. The lowest BCUT2D eigenvalue weighted by Gasteiger charge is -2.09. The molecule has 3 rings (SSSR count). The van der Waals surface area contributed by atoms with Crippen LogP contribution in [0.25, 0.3) is 0 Å². The van der Waals surface area contributed by atoms with Gasteiger partial charge in [-0.1, -0.05) is 28.9 Å². The summed E-state index contributed by atoms with van der Waals surface area (Å²) in [4.78, 5) is 0. The van der Waals surface area contributed by atoms with Gasteiger partial charge in [-0.3, -0.25) is 0 Å². The predicted molar refractivity (Wildman–Crippen MR) is 81.8 cm³/mol. The van der Waals surface area contributed by atoms with Gasteiger partial charge >= 0.3 is 6.55 Å². The van der Waals surface area contributed by atoms with Crippen LogP contribution in [0.5, 0.6) is 0 Å². The fraction of sp³-hybridized carbons (Fsp3) is 0.438. The largest absolute Gasteiger partial charge is 0.333 e. The van der Waals surface area contributed by atoms with Crippen LogP contribution < -0.4 is 0 Å². The molecule has 1 aliphatic carbocycles. The summed E-state index contributed by atoms with van der Waals surface area (Å²) in [5, 5.41) is 3.99. The van der Waals surface area contributed by atoms with Crippen molar-refractivity contribution in [2.75, 3.05) is 0 Å². The number of hydrogen-bond acceptors (Lipinski definition) is 1. The van der Waals surface area contributed by atoms with Gasteiger partial charge in [0.2, 0.25) is 0 Å². The van der Waals surface area contributed by atoms with Crippen LogP contribution in [0.1, 0.15) is 54.6 Å². The highest BCUT2D eigenvalue weighted by atomic mass is 79.9. The summed E-state index contributed by atoms with van der Waals surface area (Å²) in [6.45, 7) is -0.626. The first-order chi connectivity index (χ1) is 10.1. The smallest absolute Gasteiger partial charge is 0.211 e. The molecule has 1 aromatic heterocycles. The zero-order chi connectivity index (χ0) is 15.0. The van der Waals surface area contributed by atoms with Crippen molar-refractivity contribution >= 4 is 15.9 Å². The van der Waals surface area contributed by atoms with Crippen LogP contribution >= 0.6 is 15.9 Å². The van der Waals surface area contributed by atoms with E-state index in [-0.39, 0.29) is 0 Å². The van der Waals surface area contributed by atoms with Crippen molar-refractivity contribution in [3.8, 4) is 0 Å². The lowest BCUT2D eigenvalue weighted by molar-refractivity contribution is 0.0561. The minimum absolute atomic E-state index is 0.642. The number of aromatic nitrogens is 2. The Morgan fingerprint density at radius 1 is 1.33 bits per heavy atom. The first-order valence-corrected chi connectivity index (χ1v) is 8.01. The zero-order valence-electron chi connectivity index (χ0n) is 11.8. The van der Waals surface area contributed by atoms with Gasteiger partial charge in [0.1, 0.15) is 0 Å². The Labute approximate surface area is 131 Å². The maximum atomic E-state index is 12.8. The van der Waals surface area contributed by atoms with E-state index in [1.54, 1.807) is 0 Å². The average molecular weight is 355 g/mol. The molecule has 1 fully saturated rings. The predicted octanol–water partition coefficient (Wildman–Crippen LogP) is 5.07. The average Bonchev–Trinajstić information content (AvgIpc) is 3.19. The zero-order valence-corrected chi connectivity index (χ0v) is 13.4. The lowest BCUT2D eigenvalue weighted by Crippen LogP contribution is -1.98. The SMILES string of the molecule is CCc1nn(C(F)F)cc1Cc1cc(Br)ccc1C1CC1. The minimum atomic E-state index is -2.57. The van der Waals surface area contributed by atoms with Gasteiger partial charge in [-0.15, -0.1) is 0 Å². The number of hydrogen-bond donors (Lipinski definition) is 0. The second kappa shape index (κ2) is 5.87. The summed E-state index contributed by atoms with van der Waals surface area (Å²) < 4.78 is 27.4. The second-order valence-electron chi connectivity index (χ2n) is 5.51. The Hall–Kier alpha value is -1.23. The standard InChI is InChI=1S/C16H17BrF2N2/c1-2-15-12(9-21(20-15)16(18)19)7-11-8-13(17)5-6-14(11)10-3-4-10/h5-6,8-10,16H,2-4,7H2,1H3. The van der Waals surface area contributed by atoms with Gasteiger partial charge in [0.15, 0.2) is 0 Å². The number of halogens is 3. The summed E-state index contributed by atoms with van der Waals surface area (Å²) >= 11 is 3.50. The Balaban J connectivity index is 1.94. The van der Waals surface area contributed by atoms with Gasteiger partial charge in [0.25, 0.3) is 0 Å². The Morgan fingerprint density at radius 3 is 2.71 bits per heavy atom. The van der Waals surface area contributed by atoms with E-state index >= 15 is 0 Å². The summed E-state index contributed by atoms with van der Waals surface area (Å²) in [5.74, 6) is 0.642. The molecule has 0 unspecified atom stereocenters. The maximum absolute atomic E-state index is 12.8. The van der Waals surface area contributed by atoms with Crippen molar-refractivity contribution in [3.05, 3.63) is 51.3 Å². The van der Waals surface area contributed by atoms with Crippen LogP contribution in [0.4, 0.5) is 8.78 Å². The van der Waals surface area contributed by atoms with E-state index < -0.39 is 6.55 Å². The molecular formula is C16H17BrF2N2. The molecule has 0 saturated heterocycles. The molecule has 1 saturated carbocycles. The third-order valence-electron chi connectivity index (χ3n) is 3.93. The molecule has 0 N–H and O–H groups in total. The summed E-state index contributed by atoms with van der Waals surface area (Å²) in [7, 11) is 0. The molecule has 0 amide bonds. The maximum Gasteiger partial charge on any atom is 0.333 e. The lowest BCUT2D eigenvalue weighted by atomic mass is 9.97. The van der Waals surface area contributed by atoms with Crippen LogP contribution in [0.15, 0.2) is 28.9 Å². The van der Waals surface area contributed by atoms with Crippen molar-refractivity contribution in [2.24, 2.45) is 0 Å². The normalized spacial score (nSPS) is 14.9. The fourth-order valence-corrected chi connectivity index (χ4v) is 3.15. The molecule has 112 valence electrons. The van der Waals surface area contributed by atoms with Crippen LogP contribution in [-0.4, -0.2) is 9.78 Å². The number of rotatable bonds is 5. The van der Waals surface area contributed by atoms with Gasteiger partial charge in [-0.2, -0.15) is 13.9 Å². The molecule has 1 aliphatic rings. The minimum Gasteiger partial charge on any atom is -0.211 e. The molecular weight excluding hydrogens is 338 g/mol. The van der Waals surface area contributed by atoms with Gasteiger partial charge in [0, 0.05) is 17.1 Å². The highest BCUT2D eigenvalue weighted by molar-refractivity contribution is 9.10. The summed E-state index contributed by atoms with van der Waals surface area (Å²) in [6, 6.07) is 6.31. The van der Waals surface area contributed by atoms with E-state index in [4.69, 9.17) is 0 Å². The van der Waals surface area contributed by atoms with Crippen LogP contribution in [-0.2, 0) is 12.8 Å². The van der Waals surface area contributed by atoms with Crippen LogP contribution in [0.3, 0.4) is 0 Å². The van der Waals surface area contributed by atoms with Crippen LogP contribution in [0.2, 0.25) is 0 Å². The number of nitrogens with zero attached hydrogens (tertiary/aromatic N) is 2. The molecule has 0 radical (unpaired) electrons. The van der Waals surface area contributed by atoms with E-state index in [1.165, 1.54) is 30.2 Å². The molecule has 2 aromatic rings. The quantitative estimate of drug-likeness (QED) is 0.732. The molecule has 0 atom stereocenters. The molecule has 0 aliphatic heterocycles. The van der Waals surface area contributed by atoms with Gasteiger partial charge in [0.05, 0.1) is 5.69 Å².